The van der Waals surface area contributed by atoms with Gasteiger partial charge in [0.1, 0.15) is 0 Å². The molecule has 9 heteroatoms. The average molecular weight is 362 g/mol. The van der Waals surface area contributed by atoms with Gasteiger partial charge >= 0.3 is 5.76 Å². The molecule has 1 atom stereocenters. The van der Waals surface area contributed by atoms with E-state index in [1.165, 1.54) is 0 Å². The molecule has 6 nitrogen and oxygen atoms in total. The lowest BCUT2D eigenvalue weighted by Gasteiger charge is -2.11. The fourth-order valence-corrected chi connectivity index (χ4v) is 2.46. The minimum absolute atomic E-state index is 0.0533. The molecule has 0 aliphatic carbocycles. The predicted octanol–water partition coefficient (Wildman–Crippen LogP) is 1.72. The van der Waals surface area contributed by atoms with Crippen molar-refractivity contribution < 1.29 is 26.8 Å². The second-order valence-corrected chi connectivity index (χ2v) is 7.13. The van der Waals surface area contributed by atoms with E-state index in [4.69, 9.17) is 0 Å². The standard InChI is InChI=1S/C15H20F2N2O4S/c1-3-10(2)19-13(20)8-9-18-14(21)11-4-6-12(7-5-11)24(22,23)15(16)17/h4-7,10,15H,3,8-9H2,1-2H3,(H,18,21)(H,19,20)/t10-/m1/s1. The largest absolute Gasteiger partial charge is 0.354 e. The number of benzene rings is 1. The van der Waals surface area contributed by atoms with Crippen molar-refractivity contribution in [1.82, 2.24) is 10.6 Å². The maximum atomic E-state index is 12.4. The Morgan fingerprint density at radius 2 is 1.75 bits per heavy atom. The van der Waals surface area contributed by atoms with Crippen LogP contribution in [0.4, 0.5) is 8.78 Å². The second-order valence-electron chi connectivity index (χ2n) is 5.21. The van der Waals surface area contributed by atoms with E-state index in [9.17, 15) is 26.8 Å². The molecule has 0 saturated carbocycles. The first-order valence-corrected chi connectivity index (χ1v) is 8.92. The summed E-state index contributed by atoms with van der Waals surface area (Å²) in [5, 5.41) is 5.25. The molecular formula is C15H20F2N2O4S. The number of hydrogen-bond acceptors (Lipinski definition) is 4. The molecule has 0 aliphatic rings. The first kappa shape index (κ1) is 20.0. The Morgan fingerprint density at radius 3 is 2.25 bits per heavy atom. The first-order chi connectivity index (χ1) is 11.2. The van der Waals surface area contributed by atoms with Crippen molar-refractivity contribution in [2.75, 3.05) is 6.54 Å². The highest BCUT2D eigenvalue weighted by Crippen LogP contribution is 2.18. The Balaban J connectivity index is 2.56. The predicted molar refractivity (Wildman–Crippen MR) is 84.5 cm³/mol. The zero-order valence-electron chi connectivity index (χ0n) is 13.4. The highest BCUT2D eigenvalue weighted by Gasteiger charge is 2.26. The molecule has 1 aromatic carbocycles. The summed E-state index contributed by atoms with van der Waals surface area (Å²) in [4.78, 5) is 22.9. The van der Waals surface area contributed by atoms with Crippen molar-refractivity contribution in [2.24, 2.45) is 0 Å². The highest BCUT2D eigenvalue weighted by atomic mass is 32.2. The fourth-order valence-electron chi connectivity index (χ4n) is 1.74. The van der Waals surface area contributed by atoms with Crippen LogP contribution in [0, 0.1) is 0 Å². The summed E-state index contributed by atoms with van der Waals surface area (Å²) in [6.07, 6.45) is 0.903. The third kappa shape index (κ3) is 5.55. The Kier molecular flexibility index (Phi) is 7.27. The summed E-state index contributed by atoms with van der Waals surface area (Å²) in [5.74, 6) is -4.23. The number of halogens is 2. The van der Waals surface area contributed by atoms with E-state index < -0.39 is 26.4 Å². The number of hydrogen-bond donors (Lipinski definition) is 2. The van der Waals surface area contributed by atoms with Crippen LogP contribution in [0.3, 0.4) is 0 Å². The molecule has 0 aromatic heterocycles. The summed E-state index contributed by atoms with van der Waals surface area (Å²) < 4.78 is 47.4. The van der Waals surface area contributed by atoms with Gasteiger partial charge in [0, 0.05) is 24.6 Å². The van der Waals surface area contributed by atoms with Crippen LogP contribution in [0.1, 0.15) is 37.0 Å². The normalized spacial score (nSPS) is 12.7. The Morgan fingerprint density at radius 1 is 1.17 bits per heavy atom. The summed E-state index contributed by atoms with van der Waals surface area (Å²) >= 11 is 0. The Labute approximate surface area is 139 Å². The highest BCUT2D eigenvalue weighted by molar-refractivity contribution is 7.91. The number of rotatable bonds is 8. The van der Waals surface area contributed by atoms with Gasteiger partial charge in [-0.3, -0.25) is 9.59 Å². The molecule has 0 fully saturated rings. The molecule has 0 heterocycles. The van der Waals surface area contributed by atoms with Crippen molar-refractivity contribution in [3.05, 3.63) is 29.8 Å². The van der Waals surface area contributed by atoms with Crippen molar-refractivity contribution >= 4 is 21.7 Å². The summed E-state index contributed by atoms with van der Waals surface area (Å²) in [7, 11) is -4.68. The van der Waals surface area contributed by atoms with E-state index in [2.05, 4.69) is 10.6 Å². The zero-order valence-corrected chi connectivity index (χ0v) is 14.2. The zero-order chi connectivity index (χ0) is 18.3. The van der Waals surface area contributed by atoms with E-state index in [-0.39, 0.29) is 30.5 Å². The van der Waals surface area contributed by atoms with Gasteiger partial charge in [0.25, 0.3) is 5.91 Å². The van der Waals surface area contributed by atoms with E-state index in [1.807, 2.05) is 13.8 Å². The summed E-state index contributed by atoms with van der Waals surface area (Å²) in [6.45, 7) is 3.91. The van der Waals surface area contributed by atoms with Crippen LogP contribution in [0.25, 0.3) is 0 Å². The van der Waals surface area contributed by atoms with Gasteiger partial charge < -0.3 is 10.6 Å². The lowest BCUT2D eigenvalue weighted by atomic mass is 10.2. The first-order valence-electron chi connectivity index (χ1n) is 7.38. The molecule has 1 aromatic rings. The van der Waals surface area contributed by atoms with E-state index in [0.717, 1.165) is 30.7 Å². The van der Waals surface area contributed by atoms with Gasteiger partial charge in [-0.15, -0.1) is 0 Å². The number of carbonyl (C=O) groups is 2. The molecule has 0 aliphatic heterocycles. The Bertz CT molecular complexity index is 675. The van der Waals surface area contributed by atoms with Crippen LogP contribution in [0.2, 0.25) is 0 Å². The third-order valence-electron chi connectivity index (χ3n) is 3.34. The minimum atomic E-state index is -4.68. The smallest absolute Gasteiger partial charge is 0.341 e. The molecule has 1 rings (SSSR count). The number of nitrogens with one attached hydrogen (secondary N) is 2. The van der Waals surface area contributed by atoms with Crippen molar-refractivity contribution in [3.63, 3.8) is 0 Å². The molecule has 0 unspecified atom stereocenters. The van der Waals surface area contributed by atoms with Gasteiger partial charge in [0.2, 0.25) is 15.7 Å². The average Bonchev–Trinajstić information content (AvgIpc) is 2.54. The lowest BCUT2D eigenvalue weighted by Crippen LogP contribution is -2.35. The van der Waals surface area contributed by atoms with Crippen LogP contribution in [0.5, 0.6) is 0 Å². The monoisotopic (exact) mass is 362 g/mol. The lowest BCUT2D eigenvalue weighted by molar-refractivity contribution is -0.121. The molecule has 2 amide bonds. The van der Waals surface area contributed by atoms with E-state index >= 15 is 0 Å². The van der Waals surface area contributed by atoms with Gasteiger partial charge in [-0.05, 0) is 37.6 Å². The maximum absolute atomic E-state index is 12.4. The molecule has 0 bridgehead atoms. The van der Waals surface area contributed by atoms with Gasteiger partial charge in [-0.25, -0.2) is 8.42 Å². The number of sulfone groups is 1. The van der Waals surface area contributed by atoms with Crippen molar-refractivity contribution in [2.45, 2.75) is 43.4 Å². The number of carbonyl (C=O) groups excluding carboxylic acids is 2. The van der Waals surface area contributed by atoms with Gasteiger partial charge in [0.15, 0.2) is 0 Å². The topological polar surface area (TPSA) is 92.3 Å². The molecule has 134 valence electrons. The van der Waals surface area contributed by atoms with Crippen molar-refractivity contribution in [3.8, 4) is 0 Å². The molecular weight excluding hydrogens is 342 g/mol. The fraction of sp³-hybridized carbons (Fsp3) is 0.467. The van der Waals surface area contributed by atoms with Gasteiger partial charge in [-0.1, -0.05) is 6.92 Å². The van der Waals surface area contributed by atoms with Crippen LogP contribution in [-0.4, -0.2) is 38.6 Å². The number of amides is 2. The van der Waals surface area contributed by atoms with Crippen molar-refractivity contribution in [1.29, 1.82) is 0 Å². The molecule has 24 heavy (non-hydrogen) atoms. The second kappa shape index (κ2) is 8.72. The number of alkyl halides is 2. The maximum Gasteiger partial charge on any atom is 0.341 e. The molecule has 0 radical (unpaired) electrons. The quantitative estimate of drug-likeness (QED) is 0.736. The molecule has 0 saturated heterocycles. The van der Waals surface area contributed by atoms with Crippen LogP contribution >= 0.6 is 0 Å². The summed E-state index contributed by atoms with van der Waals surface area (Å²) in [5.41, 5.74) is 0.116. The minimum Gasteiger partial charge on any atom is -0.354 e. The SMILES string of the molecule is CC[C@@H](C)NC(=O)CCNC(=O)c1ccc(S(=O)(=O)C(F)F)cc1. The molecule has 2 N–H and O–H groups in total. The van der Waals surface area contributed by atoms with Crippen LogP contribution in [-0.2, 0) is 14.6 Å². The third-order valence-corrected chi connectivity index (χ3v) is 4.74. The summed E-state index contributed by atoms with van der Waals surface area (Å²) in [6, 6.07) is 4.24. The van der Waals surface area contributed by atoms with Crippen LogP contribution in [0.15, 0.2) is 29.2 Å². The van der Waals surface area contributed by atoms with E-state index in [1.54, 1.807) is 0 Å². The Hall–Kier alpha value is -2.03. The van der Waals surface area contributed by atoms with Crippen LogP contribution < -0.4 is 10.6 Å². The molecule has 0 spiro atoms. The van der Waals surface area contributed by atoms with Gasteiger partial charge in [-0.2, -0.15) is 8.78 Å². The van der Waals surface area contributed by atoms with Gasteiger partial charge in [0.05, 0.1) is 4.90 Å². The van der Waals surface area contributed by atoms with E-state index in [0.29, 0.717) is 0 Å².